The number of hydrogen-bond acceptors (Lipinski definition) is 5. The van der Waals surface area contributed by atoms with E-state index in [9.17, 15) is 9.59 Å². The minimum Gasteiger partial charge on any atom is -0.370 e. The van der Waals surface area contributed by atoms with E-state index in [1.165, 1.54) is 16.7 Å². The van der Waals surface area contributed by atoms with Gasteiger partial charge in [0.1, 0.15) is 6.54 Å². The number of amides is 1. The maximum atomic E-state index is 12.3. The van der Waals surface area contributed by atoms with E-state index in [1.54, 1.807) is 23.6 Å². The maximum absolute atomic E-state index is 12.3. The largest absolute Gasteiger partial charge is 0.370 e. The molecule has 2 aromatic heterocycles. The summed E-state index contributed by atoms with van der Waals surface area (Å²) in [5, 5.41) is 11.2. The number of carbonyl (C=O) groups is 1. The first-order valence-electron chi connectivity index (χ1n) is 8.74. The fourth-order valence-corrected chi connectivity index (χ4v) is 3.82. The van der Waals surface area contributed by atoms with E-state index in [2.05, 4.69) is 26.8 Å². The molecule has 1 saturated heterocycles. The molecule has 7 heteroatoms. The van der Waals surface area contributed by atoms with Crippen molar-refractivity contribution in [3.8, 4) is 0 Å². The van der Waals surface area contributed by atoms with Gasteiger partial charge in [0.2, 0.25) is 5.91 Å². The van der Waals surface area contributed by atoms with Gasteiger partial charge in [0, 0.05) is 25.2 Å². The van der Waals surface area contributed by atoms with Gasteiger partial charge in [-0.15, -0.1) is 0 Å². The lowest BCUT2D eigenvalue weighted by Crippen LogP contribution is -2.39. The van der Waals surface area contributed by atoms with E-state index in [0.717, 1.165) is 38.0 Å². The number of anilines is 1. The molecule has 0 aromatic carbocycles. The quantitative estimate of drug-likeness (QED) is 0.856. The number of rotatable bonds is 6. The predicted molar refractivity (Wildman–Crippen MR) is 100 cm³/mol. The number of carbonyl (C=O) groups excluding carboxylic acids is 1. The molecule has 0 radical (unpaired) electrons. The van der Waals surface area contributed by atoms with Crippen LogP contribution in [0, 0.1) is 0 Å². The predicted octanol–water partition coefficient (Wildman–Crippen LogP) is 2.04. The van der Waals surface area contributed by atoms with Crippen LogP contribution in [0.3, 0.4) is 0 Å². The monoisotopic (exact) mass is 360 g/mol. The van der Waals surface area contributed by atoms with Crippen molar-refractivity contribution in [2.75, 3.05) is 18.0 Å². The van der Waals surface area contributed by atoms with Crippen LogP contribution in [0.1, 0.15) is 31.7 Å². The van der Waals surface area contributed by atoms with E-state index < -0.39 is 0 Å². The van der Waals surface area contributed by atoms with Gasteiger partial charge in [0.25, 0.3) is 5.56 Å². The lowest BCUT2D eigenvalue weighted by molar-refractivity contribution is -0.122. The molecule has 1 atom stereocenters. The summed E-state index contributed by atoms with van der Waals surface area (Å²) in [4.78, 5) is 26.6. The van der Waals surface area contributed by atoms with Gasteiger partial charge in [0.05, 0.1) is 11.9 Å². The summed E-state index contributed by atoms with van der Waals surface area (Å²) >= 11 is 1.65. The van der Waals surface area contributed by atoms with Gasteiger partial charge >= 0.3 is 0 Å². The molecule has 1 unspecified atom stereocenters. The highest BCUT2D eigenvalue weighted by Crippen LogP contribution is 2.16. The van der Waals surface area contributed by atoms with Crippen LogP contribution in [0.15, 0.2) is 33.9 Å². The van der Waals surface area contributed by atoms with Gasteiger partial charge in [-0.05, 0) is 55.0 Å². The highest BCUT2D eigenvalue weighted by atomic mass is 32.1. The minimum absolute atomic E-state index is 0.0189. The highest BCUT2D eigenvalue weighted by Gasteiger charge is 2.14. The van der Waals surface area contributed by atoms with E-state index >= 15 is 0 Å². The van der Waals surface area contributed by atoms with E-state index in [0.29, 0.717) is 0 Å². The molecule has 1 aliphatic rings. The molecule has 6 nitrogen and oxygen atoms in total. The van der Waals surface area contributed by atoms with Crippen molar-refractivity contribution in [2.45, 2.75) is 45.2 Å². The Hall–Kier alpha value is -2.15. The second-order valence-corrected chi connectivity index (χ2v) is 7.34. The summed E-state index contributed by atoms with van der Waals surface area (Å²) < 4.78 is 1.22. The third-order valence-electron chi connectivity index (χ3n) is 4.40. The summed E-state index contributed by atoms with van der Waals surface area (Å²) in [6.07, 6.45) is 6.01. The summed E-state index contributed by atoms with van der Waals surface area (Å²) in [7, 11) is 0. The van der Waals surface area contributed by atoms with Crippen molar-refractivity contribution in [1.82, 2.24) is 15.1 Å². The average molecular weight is 360 g/mol. The van der Waals surface area contributed by atoms with Gasteiger partial charge in [-0.25, -0.2) is 4.68 Å². The van der Waals surface area contributed by atoms with E-state index in [4.69, 9.17) is 0 Å². The van der Waals surface area contributed by atoms with E-state index in [-0.39, 0.29) is 24.1 Å². The lowest BCUT2D eigenvalue weighted by atomic mass is 10.1. The maximum Gasteiger partial charge on any atom is 0.269 e. The van der Waals surface area contributed by atoms with Crippen LogP contribution < -0.4 is 15.8 Å². The molecule has 0 spiro atoms. The summed E-state index contributed by atoms with van der Waals surface area (Å²) in [6, 6.07) is 3.66. The third-order valence-corrected chi connectivity index (χ3v) is 5.13. The van der Waals surface area contributed by atoms with Crippen LogP contribution in [-0.4, -0.2) is 34.8 Å². The van der Waals surface area contributed by atoms with Crippen molar-refractivity contribution in [3.05, 3.63) is 45.0 Å². The third kappa shape index (κ3) is 4.92. The number of nitrogens with zero attached hydrogens (tertiary/aromatic N) is 3. The SMILES string of the molecule is CC(Cc1ccsc1)NC(=O)Cn1ncc(N2CCCCC2)cc1=O. The molecule has 2 aromatic rings. The summed E-state index contributed by atoms with van der Waals surface area (Å²) in [6.45, 7) is 3.84. The number of aromatic nitrogens is 2. The zero-order valence-corrected chi connectivity index (χ0v) is 15.3. The second-order valence-electron chi connectivity index (χ2n) is 6.56. The Morgan fingerprint density at radius 3 is 2.84 bits per heavy atom. The molecule has 134 valence electrons. The molecule has 1 N–H and O–H groups in total. The van der Waals surface area contributed by atoms with Crippen LogP contribution >= 0.6 is 11.3 Å². The van der Waals surface area contributed by atoms with Crippen LogP contribution in [0.4, 0.5) is 5.69 Å². The Morgan fingerprint density at radius 1 is 1.36 bits per heavy atom. The molecule has 3 rings (SSSR count). The standard InChI is InChI=1S/C18H24N4O2S/c1-14(9-15-5-8-25-13-15)20-17(23)12-22-18(24)10-16(11-19-22)21-6-3-2-4-7-21/h5,8,10-11,13-14H,2-4,6-7,9,12H2,1H3,(H,20,23). The van der Waals surface area contributed by atoms with E-state index in [1.807, 2.05) is 12.3 Å². The number of piperidine rings is 1. The van der Waals surface area contributed by atoms with Crippen molar-refractivity contribution < 1.29 is 4.79 Å². The first-order chi connectivity index (χ1) is 12.1. The van der Waals surface area contributed by atoms with Crippen LogP contribution in [0.5, 0.6) is 0 Å². The summed E-state index contributed by atoms with van der Waals surface area (Å²) in [5.41, 5.74) is 1.83. The fraction of sp³-hybridized carbons (Fsp3) is 0.500. The molecular weight excluding hydrogens is 336 g/mol. The zero-order valence-electron chi connectivity index (χ0n) is 14.5. The molecule has 0 saturated carbocycles. The van der Waals surface area contributed by atoms with Gasteiger partial charge < -0.3 is 10.2 Å². The van der Waals surface area contributed by atoms with Crippen LogP contribution in [-0.2, 0) is 17.8 Å². The molecule has 25 heavy (non-hydrogen) atoms. The first kappa shape index (κ1) is 17.7. The molecule has 0 bridgehead atoms. The Kier molecular flexibility index (Phi) is 5.86. The lowest BCUT2D eigenvalue weighted by Gasteiger charge is -2.28. The minimum atomic E-state index is -0.233. The van der Waals surface area contributed by atoms with Crippen molar-refractivity contribution in [3.63, 3.8) is 0 Å². The normalized spacial score (nSPS) is 15.8. The van der Waals surface area contributed by atoms with Gasteiger partial charge in [0.15, 0.2) is 0 Å². The Morgan fingerprint density at radius 2 is 2.16 bits per heavy atom. The molecule has 3 heterocycles. The molecule has 1 amide bonds. The van der Waals surface area contributed by atoms with Gasteiger partial charge in [-0.2, -0.15) is 16.4 Å². The average Bonchev–Trinajstić information content (AvgIpc) is 3.10. The zero-order chi connectivity index (χ0) is 17.6. The Balaban J connectivity index is 1.56. The smallest absolute Gasteiger partial charge is 0.269 e. The Labute approximate surface area is 151 Å². The van der Waals surface area contributed by atoms with Crippen molar-refractivity contribution in [1.29, 1.82) is 0 Å². The molecule has 0 aliphatic carbocycles. The van der Waals surface area contributed by atoms with Crippen molar-refractivity contribution in [2.24, 2.45) is 0 Å². The van der Waals surface area contributed by atoms with Crippen LogP contribution in [0.25, 0.3) is 0 Å². The fourth-order valence-electron chi connectivity index (χ4n) is 3.14. The molecule has 1 aliphatic heterocycles. The second kappa shape index (κ2) is 8.29. The molecular formula is C18H24N4O2S. The van der Waals surface area contributed by atoms with Gasteiger partial charge in [-0.1, -0.05) is 0 Å². The topological polar surface area (TPSA) is 67.2 Å². The highest BCUT2D eigenvalue weighted by molar-refractivity contribution is 7.07. The first-order valence-corrected chi connectivity index (χ1v) is 9.68. The number of nitrogens with one attached hydrogen (secondary N) is 1. The van der Waals surface area contributed by atoms with Crippen LogP contribution in [0.2, 0.25) is 0 Å². The van der Waals surface area contributed by atoms with Gasteiger partial charge in [-0.3, -0.25) is 9.59 Å². The Bertz CT molecular complexity index is 751. The number of hydrogen-bond donors (Lipinski definition) is 1. The number of thiophene rings is 1. The van der Waals surface area contributed by atoms with Crippen molar-refractivity contribution >= 4 is 22.9 Å². The molecule has 1 fully saturated rings. The summed E-state index contributed by atoms with van der Waals surface area (Å²) in [5.74, 6) is -0.192.